The average Bonchev–Trinajstić information content (AvgIpc) is 3.79. The molecule has 3 aromatic carbocycles. The number of para-hydroxylation sites is 1. The molecule has 3 aliphatic heterocycles. The van der Waals surface area contributed by atoms with Crippen molar-refractivity contribution in [3.8, 4) is 23.0 Å². The molecule has 0 aliphatic carbocycles. The SMILES string of the molecule is CCCCN(C(=O)CN1C[C@H](c2ccc3c(c2)OCO3)C(C(=O)O)[C@@H]1CCc1cccc2c1OCO2)c1cccc(CN)c1. The van der Waals surface area contributed by atoms with Crippen molar-refractivity contribution >= 4 is 17.6 Å². The number of unbranched alkanes of at least 4 members (excludes halogenated alkanes) is 1. The lowest BCUT2D eigenvalue weighted by Crippen LogP contribution is -2.44. The fraction of sp³-hybridized carbons (Fsp3) is 0.412. The number of carboxylic acid groups (broad SMARTS) is 1. The number of aryl methyl sites for hydroxylation is 1. The summed E-state index contributed by atoms with van der Waals surface area (Å²) in [7, 11) is 0. The lowest BCUT2D eigenvalue weighted by atomic mass is 9.83. The summed E-state index contributed by atoms with van der Waals surface area (Å²) in [5.74, 6) is 0.633. The van der Waals surface area contributed by atoms with Crippen LogP contribution < -0.4 is 29.6 Å². The van der Waals surface area contributed by atoms with Crippen LogP contribution in [-0.2, 0) is 22.6 Å². The Morgan fingerprint density at radius 2 is 1.77 bits per heavy atom. The highest BCUT2D eigenvalue weighted by Gasteiger charge is 2.47. The normalized spacial score (nSPS) is 20.2. The van der Waals surface area contributed by atoms with Crippen molar-refractivity contribution in [2.75, 3.05) is 38.1 Å². The molecule has 1 amide bonds. The van der Waals surface area contributed by atoms with E-state index in [0.29, 0.717) is 55.5 Å². The molecule has 1 fully saturated rings. The van der Waals surface area contributed by atoms with Gasteiger partial charge in [0.15, 0.2) is 23.0 Å². The van der Waals surface area contributed by atoms with Crippen LogP contribution in [0.1, 0.15) is 48.8 Å². The molecule has 232 valence electrons. The number of likely N-dealkylation sites (tertiary alicyclic amines) is 1. The molecule has 3 aromatic rings. The quantitative estimate of drug-likeness (QED) is 0.308. The van der Waals surface area contributed by atoms with Gasteiger partial charge in [-0.2, -0.15) is 0 Å². The summed E-state index contributed by atoms with van der Waals surface area (Å²) in [6.45, 7) is 3.87. The highest BCUT2D eigenvalue weighted by molar-refractivity contribution is 5.95. The summed E-state index contributed by atoms with van der Waals surface area (Å²) in [4.78, 5) is 31.0. The lowest BCUT2D eigenvalue weighted by molar-refractivity contribution is -0.143. The predicted octanol–water partition coefficient (Wildman–Crippen LogP) is 4.54. The number of anilines is 1. The number of carbonyl (C=O) groups is 2. The summed E-state index contributed by atoms with van der Waals surface area (Å²) in [6, 6.07) is 18.8. The minimum Gasteiger partial charge on any atom is -0.481 e. The molecule has 0 radical (unpaired) electrons. The van der Waals surface area contributed by atoms with Crippen LogP contribution in [0.3, 0.4) is 0 Å². The van der Waals surface area contributed by atoms with Crippen molar-refractivity contribution < 1.29 is 33.6 Å². The number of amides is 1. The Kier molecular flexibility index (Phi) is 8.90. The third-order valence-corrected chi connectivity index (χ3v) is 8.88. The molecular weight excluding hydrogens is 562 g/mol. The first-order valence-electron chi connectivity index (χ1n) is 15.3. The number of ether oxygens (including phenoxy) is 4. The molecule has 0 spiro atoms. The Balaban J connectivity index is 1.31. The second-order valence-electron chi connectivity index (χ2n) is 11.5. The van der Waals surface area contributed by atoms with Gasteiger partial charge >= 0.3 is 5.97 Å². The molecular formula is C34H39N3O7. The minimum atomic E-state index is -0.885. The number of hydrogen-bond donors (Lipinski definition) is 2. The summed E-state index contributed by atoms with van der Waals surface area (Å²) in [6.07, 6.45) is 2.90. The predicted molar refractivity (Wildman–Crippen MR) is 164 cm³/mol. The van der Waals surface area contributed by atoms with Crippen LogP contribution in [0, 0.1) is 5.92 Å². The van der Waals surface area contributed by atoms with E-state index in [0.717, 1.165) is 35.2 Å². The smallest absolute Gasteiger partial charge is 0.308 e. The third-order valence-electron chi connectivity index (χ3n) is 8.88. The Hall–Kier alpha value is -4.28. The lowest BCUT2D eigenvalue weighted by Gasteiger charge is -2.30. The first kappa shape index (κ1) is 29.8. The zero-order valence-electron chi connectivity index (χ0n) is 24.9. The molecule has 0 aromatic heterocycles. The van der Waals surface area contributed by atoms with Gasteiger partial charge in [-0.1, -0.05) is 43.7 Å². The molecule has 3 aliphatic rings. The fourth-order valence-electron chi connectivity index (χ4n) is 6.65. The van der Waals surface area contributed by atoms with E-state index in [1.807, 2.05) is 65.6 Å². The van der Waals surface area contributed by atoms with E-state index in [9.17, 15) is 14.7 Å². The highest BCUT2D eigenvalue weighted by atomic mass is 16.7. The maximum atomic E-state index is 14.1. The van der Waals surface area contributed by atoms with Crippen molar-refractivity contribution in [2.24, 2.45) is 11.7 Å². The van der Waals surface area contributed by atoms with Crippen LogP contribution in [-0.4, -0.2) is 61.1 Å². The zero-order chi connectivity index (χ0) is 30.6. The van der Waals surface area contributed by atoms with Crippen LogP contribution in [0.5, 0.6) is 23.0 Å². The molecule has 0 saturated carbocycles. The van der Waals surface area contributed by atoms with Gasteiger partial charge in [0, 0.05) is 37.3 Å². The van der Waals surface area contributed by atoms with E-state index < -0.39 is 17.9 Å². The molecule has 3 N–H and O–H groups in total. The number of nitrogens with two attached hydrogens (primary N) is 1. The Morgan fingerprint density at radius 3 is 2.59 bits per heavy atom. The number of benzene rings is 3. The number of rotatable bonds is 12. The summed E-state index contributed by atoms with van der Waals surface area (Å²) < 4.78 is 22.4. The summed E-state index contributed by atoms with van der Waals surface area (Å²) in [5, 5.41) is 10.6. The molecule has 10 nitrogen and oxygen atoms in total. The van der Waals surface area contributed by atoms with E-state index in [1.54, 1.807) is 0 Å². The van der Waals surface area contributed by atoms with Gasteiger partial charge in [-0.25, -0.2) is 0 Å². The van der Waals surface area contributed by atoms with E-state index in [1.165, 1.54) is 0 Å². The molecule has 1 unspecified atom stereocenters. The Bertz CT molecular complexity index is 1510. The topological polar surface area (TPSA) is 124 Å². The number of carbonyl (C=O) groups excluding carboxylic acids is 1. The van der Waals surface area contributed by atoms with Crippen molar-refractivity contribution in [3.63, 3.8) is 0 Å². The van der Waals surface area contributed by atoms with E-state index in [4.69, 9.17) is 24.7 Å². The number of nitrogens with zero attached hydrogens (tertiary/aromatic N) is 2. The van der Waals surface area contributed by atoms with Gasteiger partial charge in [-0.15, -0.1) is 0 Å². The van der Waals surface area contributed by atoms with Crippen molar-refractivity contribution in [3.05, 3.63) is 77.4 Å². The number of hydrogen-bond acceptors (Lipinski definition) is 8. The van der Waals surface area contributed by atoms with Crippen LogP contribution in [0.2, 0.25) is 0 Å². The second kappa shape index (κ2) is 13.2. The van der Waals surface area contributed by atoms with Gasteiger partial charge < -0.3 is 34.7 Å². The van der Waals surface area contributed by atoms with Gasteiger partial charge in [0.1, 0.15) is 0 Å². The second-order valence-corrected chi connectivity index (χ2v) is 11.5. The molecule has 1 saturated heterocycles. The molecule has 3 heterocycles. The van der Waals surface area contributed by atoms with E-state index in [-0.39, 0.29) is 32.0 Å². The van der Waals surface area contributed by atoms with Gasteiger partial charge in [0.2, 0.25) is 19.5 Å². The minimum absolute atomic E-state index is 0.0644. The molecule has 0 bridgehead atoms. The maximum Gasteiger partial charge on any atom is 0.308 e. The van der Waals surface area contributed by atoms with Gasteiger partial charge in [-0.05, 0) is 66.3 Å². The first-order chi connectivity index (χ1) is 21.5. The molecule has 3 atom stereocenters. The van der Waals surface area contributed by atoms with Crippen molar-refractivity contribution in [1.29, 1.82) is 0 Å². The van der Waals surface area contributed by atoms with Crippen molar-refractivity contribution in [1.82, 2.24) is 4.90 Å². The number of carboxylic acids is 1. The Morgan fingerprint density at radius 1 is 0.977 bits per heavy atom. The van der Waals surface area contributed by atoms with Gasteiger partial charge in [0.05, 0.1) is 12.5 Å². The first-order valence-corrected chi connectivity index (χ1v) is 15.3. The van der Waals surface area contributed by atoms with Crippen LogP contribution in [0.25, 0.3) is 0 Å². The van der Waals surface area contributed by atoms with Gasteiger partial charge in [0.25, 0.3) is 0 Å². The summed E-state index contributed by atoms with van der Waals surface area (Å²) in [5.41, 5.74) is 9.49. The zero-order valence-corrected chi connectivity index (χ0v) is 24.9. The third kappa shape index (κ3) is 6.05. The maximum absolute atomic E-state index is 14.1. The highest BCUT2D eigenvalue weighted by Crippen LogP contribution is 2.44. The largest absolute Gasteiger partial charge is 0.481 e. The number of aliphatic carboxylic acids is 1. The number of fused-ring (bicyclic) bond motifs is 2. The molecule has 44 heavy (non-hydrogen) atoms. The van der Waals surface area contributed by atoms with Crippen molar-refractivity contribution in [2.45, 2.75) is 51.1 Å². The van der Waals surface area contributed by atoms with Crippen LogP contribution >= 0.6 is 0 Å². The molecule has 6 rings (SSSR count). The van der Waals surface area contributed by atoms with Gasteiger partial charge in [-0.3, -0.25) is 14.5 Å². The van der Waals surface area contributed by atoms with E-state index in [2.05, 4.69) is 11.8 Å². The van der Waals surface area contributed by atoms with Crippen LogP contribution in [0.4, 0.5) is 5.69 Å². The van der Waals surface area contributed by atoms with Crippen LogP contribution in [0.15, 0.2) is 60.7 Å². The summed E-state index contributed by atoms with van der Waals surface area (Å²) >= 11 is 0. The molecule has 10 heteroatoms. The Labute approximate surface area is 257 Å². The van der Waals surface area contributed by atoms with E-state index >= 15 is 0 Å². The average molecular weight is 602 g/mol. The fourth-order valence-corrected chi connectivity index (χ4v) is 6.65. The standard InChI is InChI=1S/C34H39N3O7/c1-2-3-14-37(25-8-4-6-22(15-25)17-35)31(38)19-36-18-26(24-11-13-28-30(16-24)43-20-41-28)32(34(39)40)27(36)12-10-23-7-5-9-29-33(23)44-21-42-29/h4-9,11,13,15-16,26-27,32H,2-3,10,12,14,17-21,35H2,1H3,(H,39,40)/t26-,27+,32?/m1/s1. The monoisotopic (exact) mass is 601 g/mol.